The van der Waals surface area contributed by atoms with E-state index >= 15 is 0 Å². The van der Waals surface area contributed by atoms with E-state index < -0.39 is 0 Å². The normalized spacial score (nSPS) is 21.2. The van der Waals surface area contributed by atoms with Crippen LogP contribution >= 0.6 is 11.3 Å². The van der Waals surface area contributed by atoms with Crippen LogP contribution in [0.5, 0.6) is 0 Å². The number of nitrogens with zero attached hydrogens (tertiary/aromatic N) is 3. The van der Waals surface area contributed by atoms with Crippen LogP contribution < -0.4 is 5.56 Å². The zero-order chi connectivity index (χ0) is 17.7. The fraction of sp³-hybridized carbons (Fsp3) is 0.632. The van der Waals surface area contributed by atoms with E-state index in [0.717, 1.165) is 67.9 Å². The van der Waals surface area contributed by atoms with Gasteiger partial charge in [-0.1, -0.05) is 0 Å². The third-order valence-corrected chi connectivity index (χ3v) is 7.04. The van der Waals surface area contributed by atoms with Crippen molar-refractivity contribution in [3.05, 3.63) is 26.6 Å². The summed E-state index contributed by atoms with van der Waals surface area (Å²) in [6.07, 6.45) is 6.61. The lowest BCUT2D eigenvalue weighted by Gasteiger charge is -2.34. The van der Waals surface area contributed by atoms with Gasteiger partial charge in [-0.3, -0.25) is 14.5 Å². The van der Waals surface area contributed by atoms with Gasteiger partial charge in [0.25, 0.3) is 5.56 Å². The Hall–Kier alpha value is -1.73. The van der Waals surface area contributed by atoms with Crippen molar-refractivity contribution in [2.24, 2.45) is 5.92 Å². The Balaban J connectivity index is 1.31. The number of fused-ring (bicyclic) bond motifs is 3. The van der Waals surface area contributed by atoms with Crippen LogP contribution in [0.2, 0.25) is 0 Å². The summed E-state index contributed by atoms with van der Waals surface area (Å²) in [6, 6.07) is 0. The molecule has 6 nitrogen and oxygen atoms in total. The number of thiophene rings is 1. The first-order valence-corrected chi connectivity index (χ1v) is 10.6. The van der Waals surface area contributed by atoms with Crippen molar-refractivity contribution in [2.75, 3.05) is 26.2 Å². The van der Waals surface area contributed by atoms with Gasteiger partial charge >= 0.3 is 0 Å². The van der Waals surface area contributed by atoms with Gasteiger partial charge in [-0.25, -0.2) is 4.98 Å². The van der Waals surface area contributed by atoms with Crippen LogP contribution in [0.3, 0.4) is 0 Å². The third-order valence-electron chi connectivity index (χ3n) is 5.86. The number of piperazine rings is 1. The number of amides is 1. The summed E-state index contributed by atoms with van der Waals surface area (Å²) in [5.41, 5.74) is 1.26. The molecule has 0 spiro atoms. The molecule has 7 heteroatoms. The van der Waals surface area contributed by atoms with Gasteiger partial charge in [0.05, 0.1) is 11.9 Å². The zero-order valence-corrected chi connectivity index (χ0v) is 15.7. The topological polar surface area (TPSA) is 69.3 Å². The minimum absolute atomic E-state index is 0.0203. The molecule has 2 aliphatic carbocycles. The van der Waals surface area contributed by atoms with Gasteiger partial charge in [-0.2, -0.15) is 0 Å². The van der Waals surface area contributed by atoms with Crippen molar-refractivity contribution in [3.8, 4) is 0 Å². The molecule has 3 aliphatic rings. The molecule has 138 valence electrons. The van der Waals surface area contributed by atoms with Crippen LogP contribution in [-0.2, 0) is 24.2 Å². The molecule has 0 bridgehead atoms. The molecule has 1 saturated heterocycles. The van der Waals surface area contributed by atoms with E-state index in [1.165, 1.54) is 23.3 Å². The minimum Gasteiger partial charge on any atom is -0.340 e. The van der Waals surface area contributed by atoms with E-state index in [-0.39, 0.29) is 5.56 Å². The molecule has 2 fully saturated rings. The smallest absolute Gasteiger partial charge is 0.259 e. The Kier molecular flexibility index (Phi) is 4.09. The van der Waals surface area contributed by atoms with E-state index in [9.17, 15) is 9.59 Å². The largest absolute Gasteiger partial charge is 0.340 e. The standard InChI is InChI=1S/C19H24N4O2S/c24-17-16-13-3-1-2-4-14(13)26-18(16)21-15(20-17)11-22-7-9-23(10-8-22)19(25)12-5-6-12/h12H,1-11H2,(H,20,21,24). The highest BCUT2D eigenvalue weighted by Crippen LogP contribution is 2.33. The Bertz CT molecular complexity index is 906. The van der Waals surface area contributed by atoms with Crippen LogP contribution in [0.4, 0.5) is 0 Å². The average molecular weight is 372 g/mol. The number of carbonyl (C=O) groups is 1. The monoisotopic (exact) mass is 372 g/mol. The molecule has 0 atom stereocenters. The summed E-state index contributed by atoms with van der Waals surface area (Å²) >= 11 is 1.70. The van der Waals surface area contributed by atoms with Crippen LogP contribution in [0.1, 0.15) is 41.9 Å². The van der Waals surface area contributed by atoms with Crippen LogP contribution in [0.15, 0.2) is 4.79 Å². The van der Waals surface area contributed by atoms with E-state index in [2.05, 4.69) is 9.88 Å². The van der Waals surface area contributed by atoms with Gasteiger partial charge < -0.3 is 9.88 Å². The summed E-state index contributed by atoms with van der Waals surface area (Å²) < 4.78 is 0. The molecule has 1 saturated carbocycles. The van der Waals surface area contributed by atoms with Crippen LogP contribution in [-0.4, -0.2) is 51.9 Å². The molecule has 1 amide bonds. The van der Waals surface area contributed by atoms with Crippen molar-refractivity contribution in [2.45, 2.75) is 45.1 Å². The summed E-state index contributed by atoms with van der Waals surface area (Å²) in [5, 5.41) is 0.827. The molecule has 0 unspecified atom stereocenters. The number of rotatable bonds is 3. The first kappa shape index (κ1) is 16.4. The van der Waals surface area contributed by atoms with Crippen molar-refractivity contribution >= 4 is 27.5 Å². The molecule has 2 aromatic rings. The summed E-state index contributed by atoms with van der Waals surface area (Å²) in [7, 11) is 0. The Morgan fingerprint density at radius 2 is 1.92 bits per heavy atom. The van der Waals surface area contributed by atoms with Crippen LogP contribution in [0.25, 0.3) is 10.2 Å². The lowest BCUT2D eigenvalue weighted by atomic mass is 9.97. The quantitative estimate of drug-likeness (QED) is 0.894. The molecule has 0 aromatic carbocycles. The lowest BCUT2D eigenvalue weighted by Crippen LogP contribution is -2.49. The number of H-pyrrole nitrogens is 1. The number of aryl methyl sites for hydroxylation is 2. The number of hydrogen-bond donors (Lipinski definition) is 1. The molecule has 26 heavy (non-hydrogen) atoms. The molecular formula is C19H24N4O2S. The summed E-state index contributed by atoms with van der Waals surface area (Å²) in [5.74, 6) is 1.39. The van der Waals surface area contributed by atoms with Gasteiger partial charge in [0.2, 0.25) is 5.91 Å². The Morgan fingerprint density at radius 1 is 1.15 bits per heavy atom. The molecule has 1 aliphatic heterocycles. The van der Waals surface area contributed by atoms with E-state index in [1.54, 1.807) is 11.3 Å². The fourth-order valence-electron chi connectivity index (χ4n) is 4.21. The molecule has 0 radical (unpaired) electrons. The minimum atomic E-state index is 0.0203. The first-order chi connectivity index (χ1) is 12.7. The van der Waals surface area contributed by atoms with Gasteiger partial charge in [0, 0.05) is 37.0 Å². The Morgan fingerprint density at radius 3 is 2.69 bits per heavy atom. The predicted molar refractivity (Wildman–Crippen MR) is 101 cm³/mol. The number of nitrogens with one attached hydrogen (secondary N) is 1. The maximum Gasteiger partial charge on any atom is 0.259 e. The maximum atomic E-state index is 12.6. The zero-order valence-electron chi connectivity index (χ0n) is 14.9. The first-order valence-electron chi connectivity index (χ1n) is 9.73. The predicted octanol–water partition coefficient (Wildman–Crippen LogP) is 1.92. The van der Waals surface area contributed by atoms with Gasteiger partial charge in [-0.15, -0.1) is 11.3 Å². The second kappa shape index (κ2) is 6.46. The SMILES string of the molecule is O=C(C1CC1)N1CCN(Cc2nc3sc4c(c3c(=O)[nH]2)CCCC4)CC1. The van der Waals surface area contributed by atoms with E-state index in [1.807, 2.05) is 4.90 Å². The second-order valence-electron chi connectivity index (χ2n) is 7.78. The van der Waals surface area contributed by atoms with Gasteiger partial charge in [-0.05, 0) is 44.1 Å². The third kappa shape index (κ3) is 2.97. The Labute approximate surface area is 156 Å². The molecule has 1 N–H and O–H groups in total. The number of carbonyl (C=O) groups excluding carboxylic acids is 1. The molecule has 5 rings (SSSR count). The number of hydrogen-bond acceptors (Lipinski definition) is 5. The fourth-order valence-corrected chi connectivity index (χ4v) is 5.49. The van der Waals surface area contributed by atoms with Crippen molar-refractivity contribution in [1.29, 1.82) is 0 Å². The van der Waals surface area contributed by atoms with Crippen molar-refractivity contribution in [1.82, 2.24) is 19.8 Å². The second-order valence-corrected chi connectivity index (χ2v) is 8.86. The van der Waals surface area contributed by atoms with Crippen LogP contribution in [0, 0.1) is 5.92 Å². The maximum absolute atomic E-state index is 12.6. The summed E-state index contributed by atoms with van der Waals surface area (Å²) in [6.45, 7) is 3.92. The highest BCUT2D eigenvalue weighted by atomic mass is 32.1. The molecular weight excluding hydrogens is 348 g/mol. The number of aromatic nitrogens is 2. The van der Waals surface area contributed by atoms with Crippen molar-refractivity contribution in [3.63, 3.8) is 0 Å². The summed E-state index contributed by atoms with van der Waals surface area (Å²) in [4.78, 5) is 39.1. The molecule has 2 aromatic heterocycles. The van der Waals surface area contributed by atoms with Gasteiger partial charge in [0.15, 0.2) is 0 Å². The van der Waals surface area contributed by atoms with Crippen molar-refractivity contribution < 1.29 is 4.79 Å². The highest BCUT2D eigenvalue weighted by molar-refractivity contribution is 7.18. The number of aromatic amines is 1. The van der Waals surface area contributed by atoms with E-state index in [0.29, 0.717) is 18.4 Å². The average Bonchev–Trinajstić information content (AvgIpc) is 3.42. The molecule has 3 heterocycles. The highest BCUT2D eigenvalue weighted by Gasteiger charge is 2.34. The van der Waals surface area contributed by atoms with E-state index in [4.69, 9.17) is 4.98 Å². The lowest BCUT2D eigenvalue weighted by molar-refractivity contribution is -0.134. The van der Waals surface area contributed by atoms with Gasteiger partial charge in [0.1, 0.15) is 10.7 Å².